The van der Waals surface area contributed by atoms with Crippen LogP contribution in [-0.2, 0) is 6.54 Å². The molecule has 0 atom stereocenters. The molecule has 102 valence electrons. The van der Waals surface area contributed by atoms with Crippen LogP contribution in [0.1, 0.15) is 0 Å². The summed E-state index contributed by atoms with van der Waals surface area (Å²) in [5.74, 6) is 0. The van der Waals surface area contributed by atoms with Gasteiger partial charge in [-0.15, -0.1) is 0 Å². The van der Waals surface area contributed by atoms with Gasteiger partial charge in [-0.05, 0) is 0 Å². The van der Waals surface area contributed by atoms with Gasteiger partial charge in [0.15, 0.2) is 0 Å². The Labute approximate surface area is 106 Å². The van der Waals surface area contributed by atoms with E-state index in [4.69, 9.17) is 5.11 Å². The second kappa shape index (κ2) is 6.86. The van der Waals surface area contributed by atoms with Crippen LogP contribution in [0.25, 0.3) is 0 Å². The number of nitrogens with one attached hydrogen (secondary N) is 1. The van der Waals surface area contributed by atoms with Crippen LogP contribution < -0.4 is 0 Å². The molecule has 10 nitrogen and oxygen atoms in total. The maximum atomic E-state index is 10.1. The molecule has 0 spiro atoms. The lowest BCUT2D eigenvalue weighted by Crippen LogP contribution is -2.01. The second-order valence-corrected chi connectivity index (χ2v) is 3.27. The van der Waals surface area contributed by atoms with E-state index in [-0.39, 0.29) is 24.5 Å². The minimum atomic E-state index is -0.527. The molecule has 2 heterocycles. The van der Waals surface area contributed by atoms with E-state index in [1.165, 1.54) is 29.3 Å². The predicted octanol–water partition coefficient (Wildman–Crippen LogP) is 0.706. The zero-order valence-electron chi connectivity index (χ0n) is 9.67. The van der Waals surface area contributed by atoms with Gasteiger partial charge in [0.25, 0.3) is 5.69 Å². The maximum absolute atomic E-state index is 10.1. The molecule has 2 N–H and O–H groups in total. The van der Waals surface area contributed by atoms with Crippen LogP contribution in [-0.4, -0.2) is 36.3 Å². The van der Waals surface area contributed by atoms with Gasteiger partial charge in [-0.2, -0.15) is 5.10 Å². The predicted molar refractivity (Wildman–Crippen MR) is 63.4 cm³/mol. The number of hydrogen-bond acceptors (Lipinski definition) is 6. The number of nitro groups is 2. The average molecular weight is 269 g/mol. The first-order valence-electron chi connectivity index (χ1n) is 5.09. The van der Waals surface area contributed by atoms with Gasteiger partial charge in [-0.25, -0.2) is 0 Å². The molecule has 0 fully saturated rings. The SMILES string of the molecule is O=[N+]([O-])c1cc[nH]c1.O=[N+]([O-])c1cnn(CCO)c1. The zero-order chi connectivity index (χ0) is 14.3. The van der Waals surface area contributed by atoms with Crippen LogP contribution in [0.4, 0.5) is 11.4 Å². The zero-order valence-corrected chi connectivity index (χ0v) is 9.67. The Morgan fingerprint density at radius 2 is 2.00 bits per heavy atom. The van der Waals surface area contributed by atoms with Crippen molar-refractivity contribution in [2.24, 2.45) is 0 Å². The van der Waals surface area contributed by atoms with Crippen molar-refractivity contribution in [1.82, 2.24) is 14.8 Å². The topological polar surface area (TPSA) is 140 Å². The Bertz CT molecular complexity index is 535. The summed E-state index contributed by atoms with van der Waals surface area (Å²) in [4.78, 5) is 21.6. The third-order valence-electron chi connectivity index (χ3n) is 1.95. The van der Waals surface area contributed by atoms with E-state index in [9.17, 15) is 20.2 Å². The van der Waals surface area contributed by atoms with Gasteiger partial charge < -0.3 is 10.1 Å². The molecule has 19 heavy (non-hydrogen) atoms. The van der Waals surface area contributed by atoms with Crippen LogP contribution in [0, 0.1) is 20.2 Å². The van der Waals surface area contributed by atoms with Crippen LogP contribution in [0.3, 0.4) is 0 Å². The molecule has 2 aromatic heterocycles. The normalized spacial score (nSPS) is 9.53. The fourth-order valence-corrected chi connectivity index (χ4v) is 1.10. The van der Waals surface area contributed by atoms with Gasteiger partial charge in [0.2, 0.25) is 0 Å². The van der Waals surface area contributed by atoms with Crippen molar-refractivity contribution in [3.8, 4) is 0 Å². The Morgan fingerprint density at radius 1 is 1.32 bits per heavy atom. The molecular weight excluding hydrogens is 258 g/mol. The summed E-state index contributed by atoms with van der Waals surface area (Å²) >= 11 is 0. The number of rotatable bonds is 4. The highest BCUT2D eigenvalue weighted by atomic mass is 16.6. The number of aromatic nitrogens is 3. The number of H-pyrrole nitrogens is 1. The molecule has 0 saturated heterocycles. The molecule has 0 aliphatic heterocycles. The summed E-state index contributed by atoms with van der Waals surface area (Å²) < 4.78 is 1.32. The fourth-order valence-electron chi connectivity index (χ4n) is 1.10. The summed E-state index contributed by atoms with van der Waals surface area (Å²) in [5.41, 5.74) is 0.0449. The van der Waals surface area contributed by atoms with Crippen LogP contribution in [0.2, 0.25) is 0 Å². The van der Waals surface area contributed by atoms with Crippen molar-refractivity contribution in [2.75, 3.05) is 6.61 Å². The Hall–Kier alpha value is -2.75. The van der Waals surface area contributed by atoms with Crippen molar-refractivity contribution >= 4 is 11.4 Å². The van der Waals surface area contributed by atoms with E-state index in [0.717, 1.165) is 6.20 Å². The minimum Gasteiger partial charge on any atom is -0.394 e. The van der Waals surface area contributed by atoms with Gasteiger partial charge in [0.1, 0.15) is 12.4 Å². The smallest absolute Gasteiger partial charge is 0.306 e. The van der Waals surface area contributed by atoms with E-state index in [1.54, 1.807) is 0 Å². The first-order chi connectivity index (χ1) is 9.04. The molecule has 0 radical (unpaired) electrons. The monoisotopic (exact) mass is 269 g/mol. The van der Waals surface area contributed by atoms with Crippen molar-refractivity contribution in [3.05, 3.63) is 51.1 Å². The number of nitrogens with zero attached hydrogens (tertiary/aromatic N) is 4. The van der Waals surface area contributed by atoms with Gasteiger partial charge in [-0.3, -0.25) is 24.9 Å². The van der Waals surface area contributed by atoms with Crippen molar-refractivity contribution in [3.63, 3.8) is 0 Å². The van der Waals surface area contributed by atoms with E-state index in [1.807, 2.05) is 0 Å². The van der Waals surface area contributed by atoms with Gasteiger partial charge >= 0.3 is 5.69 Å². The molecular formula is C9H11N5O5. The molecule has 2 aromatic rings. The van der Waals surface area contributed by atoms with E-state index >= 15 is 0 Å². The lowest BCUT2D eigenvalue weighted by Gasteiger charge is -1.92. The molecule has 2 rings (SSSR count). The number of aliphatic hydroxyl groups excluding tert-OH is 1. The average Bonchev–Trinajstić information content (AvgIpc) is 3.01. The summed E-state index contributed by atoms with van der Waals surface area (Å²) in [6.07, 6.45) is 5.27. The molecule has 10 heteroatoms. The summed E-state index contributed by atoms with van der Waals surface area (Å²) in [7, 11) is 0. The highest BCUT2D eigenvalue weighted by molar-refractivity contribution is 5.23. The largest absolute Gasteiger partial charge is 0.394 e. The van der Waals surface area contributed by atoms with Crippen molar-refractivity contribution in [2.45, 2.75) is 6.54 Å². The molecule has 0 saturated carbocycles. The van der Waals surface area contributed by atoms with Crippen molar-refractivity contribution in [1.29, 1.82) is 0 Å². The number of aliphatic hydroxyl groups is 1. The number of hydrogen-bond donors (Lipinski definition) is 2. The standard InChI is InChI=1S/C5H7N3O3.C4H4N2O2/c9-2-1-7-4-5(3-6-7)8(10)11;7-6(8)4-1-2-5-3-4/h3-4,9H,1-2H2;1-3,5H. The van der Waals surface area contributed by atoms with Crippen molar-refractivity contribution < 1.29 is 15.0 Å². The minimum absolute atomic E-state index is 0.0570. The maximum Gasteiger partial charge on any atom is 0.306 e. The highest BCUT2D eigenvalue weighted by Gasteiger charge is 2.07. The summed E-state index contributed by atoms with van der Waals surface area (Å²) in [6.45, 7) is 0.215. The van der Waals surface area contributed by atoms with E-state index in [2.05, 4.69) is 10.1 Å². The Balaban J connectivity index is 0.000000200. The summed E-state index contributed by atoms with van der Waals surface area (Å²) in [6, 6.07) is 1.40. The lowest BCUT2D eigenvalue weighted by atomic mass is 10.6. The highest BCUT2D eigenvalue weighted by Crippen LogP contribution is 2.07. The quantitative estimate of drug-likeness (QED) is 0.618. The first kappa shape index (κ1) is 14.3. The van der Waals surface area contributed by atoms with Crippen LogP contribution >= 0.6 is 0 Å². The molecule has 0 aliphatic carbocycles. The van der Waals surface area contributed by atoms with E-state index < -0.39 is 9.85 Å². The Kier molecular flexibility index (Phi) is 5.17. The summed E-state index contributed by atoms with van der Waals surface area (Å²) in [5, 5.41) is 32.0. The first-order valence-corrected chi connectivity index (χ1v) is 5.09. The van der Waals surface area contributed by atoms with Gasteiger partial charge in [0.05, 0.1) is 29.2 Å². The lowest BCUT2D eigenvalue weighted by molar-refractivity contribution is -0.385. The van der Waals surface area contributed by atoms with E-state index in [0.29, 0.717) is 0 Å². The molecule has 0 aromatic carbocycles. The number of aromatic amines is 1. The molecule has 0 aliphatic rings. The van der Waals surface area contributed by atoms with Crippen LogP contribution in [0.15, 0.2) is 30.9 Å². The molecule has 0 unspecified atom stereocenters. The second-order valence-electron chi connectivity index (χ2n) is 3.27. The fraction of sp³-hybridized carbons (Fsp3) is 0.222. The van der Waals surface area contributed by atoms with Gasteiger partial charge in [0, 0.05) is 12.3 Å². The van der Waals surface area contributed by atoms with Crippen LogP contribution in [0.5, 0.6) is 0 Å². The molecule has 0 bridgehead atoms. The molecule has 0 amide bonds. The third kappa shape index (κ3) is 4.55. The van der Waals surface area contributed by atoms with Gasteiger partial charge in [-0.1, -0.05) is 0 Å². The Morgan fingerprint density at radius 3 is 2.37 bits per heavy atom. The third-order valence-corrected chi connectivity index (χ3v) is 1.95.